The zero-order chi connectivity index (χ0) is 48.1. The number of carbonyl (C=O) groups is 1. The van der Waals surface area contributed by atoms with E-state index in [2.05, 4.69) is 31.3 Å². The summed E-state index contributed by atoms with van der Waals surface area (Å²) in [6, 6.07) is -0.983. The Labute approximate surface area is 412 Å². The molecule has 0 radical (unpaired) electrons. The summed E-state index contributed by atoms with van der Waals surface area (Å²) in [7, 11) is 0. The predicted molar refractivity (Wildman–Crippen MR) is 288 cm³/mol. The molecule has 66 heavy (non-hydrogen) atoms. The van der Waals surface area contributed by atoms with E-state index >= 15 is 0 Å². The fraction of sp³-hybridized carbons (Fsp3) is 0.950. The van der Waals surface area contributed by atoms with Gasteiger partial charge in [0.1, 0.15) is 12.2 Å². The molecule has 4 unspecified atom stereocenters. The minimum absolute atomic E-state index is 0.373. The van der Waals surface area contributed by atoms with Gasteiger partial charge in [-0.2, -0.15) is 0 Å². The maximum Gasteiger partial charge on any atom is 0.249 e. The van der Waals surface area contributed by atoms with Crippen molar-refractivity contribution in [3.8, 4) is 0 Å². The van der Waals surface area contributed by atoms with Crippen LogP contribution in [-0.4, -0.2) is 57.3 Å². The molecule has 0 aliphatic carbocycles. The lowest BCUT2D eigenvalue weighted by Crippen LogP contribution is -2.53. The summed E-state index contributed by atoms with van der Waals surface area (Å²) in [6.07, 6.45) is 65.8. The summed E-state index contributed by atoms with van der Waals surface area (Å²) in [5, 5.41) is 44.1. The molecule has 1 amide bonds. The van der Waals surface area contributed by atoms with Crippen molar-refractivity contribution in [2.24, 2.45) is 0 Å². The van der Waals surface area contributed by atoms with E-state index in [1.54, 1.807) is 0 Å². The molecule has 0 aromatic heterocycles. The first-order valence-electron chi connectivity index (χ1n) is 30.1. The Morgan fingerprint density at radius 2 is 0.606 bits per heavy atom. The monoisotopic (exact) mass is 934 g/mol. The van der Waals surface area contributed by atoms with Crippen LogP contribution in [0.15, 0.2) is 12.2 Å². The summed E-state index contributed by atoms with van der Waals surface area (Å²) in [6.45, 7) is 4.10. The largest absolute Gasteiger partial charge is 0.394 e. The van der Waals surface area contributed by atoms with Crippen molar-refractivity contribution in [3.63, 3.8) is 0 Å². The van der Waals surface area contributed by atoms with E-state index in [0.29, 0.717) is 12.8 Å². The number of nitrogens with one attached hydrogen (secondary N) is 1. The Balaban J connectivity index is 3.57. The lowest BCUT2D eigenvalue weighted by atomic mass is 9.99. The van der Waals surface area contributed by atoms with E-state index in [1.165, 1.54) is 270 Å². The highest BCUT2D eigenvalue weighted by atomic mass is 16.3. The number of aliphatic hydroxyl groups excluding tert-OH is 4. The van der Waals surface area contributed by atoms with Crippen LogP contribution in [0.4, 0.5) is 0 Å². The van der Waals surface area contributed by atoms with Gasteiger partial charge in [0.2, 0.25) is 5.91 Å². The highest BCUT2D eigenvalue weighted by Crippen LogP contribution is 2.19. The first-order chi connectivity index (χ1) is 32.5. The second-order valence-corrected chi connectivity index (χ2v) is 21.1. The third-order valence-corrected chi connectivity index (χ3v) is 14.5. The molecule has 0 aliphatic rings. The van der Waals surface area contributed by atoms with E-state index in [9.17, 15) is 25.2 Å². The fourth-order valence-corrected chi connectivity index (χ4v) is 9.76. The quantitative estimate of drug-likeness (QED) is 0.0308. The van der Waals surface area contributed by atoms with E-state index < -0.39 is 36.9 Å². The number of unbranched alkanes of at least 4 members (excludes halogenated alkanes) is 45. The first kappa shape index (κ1) is 65.0. The zero-order valence-electron chi connectivity index (χ0n) is 44.7. The van der Waals surface area contributed by atoms with Gasteiger partial charge in [-0.25, -0.2) is 0 Å². The summed E-state index contributed by atoms with van der Waals surface area (Å²) in [5.74, 6) is -0.577. The van der Waals surface area contributed by atoms with Crippen molar-refractivity contribution in [3.05, 3.63) is 12.2 Å². The van der Waals surface area contributed by atoms with Gasteiger partial charge >= 0.3 is 0 Å². The minimum atomic E-state index is -1.26. The standard InChI is InChI=1S/C60H119NO5/c1-3-5-7-9-11-13-15-17-19-21-23-25-26-27-28-29-30-31-32-34-36-38-40-42-44-46-48-50-52-54-58(64)60(66)61-56(55-62)59(65)57(63)53-51-49-47-45-43-41-39-37-35-33-24-22-20-18-16-14-12-10-8-6-4-2/h27-28,56-59,62-65H,3-26,29-55H2,1-2H3,(H,61,66)/b28-27-. The third kappa shape index (κ3) is 48.1. The maximum atomic E-state index is 12.6. The number of amides is 1. The van der Waals surface area contributed by atoms with Crippen LogP contribution in [0.2, 0.25) is 0 Å². The van der Waals surface area contributed by atoms with E-state index in [4.69, 9.17) is 0 Å². The molecule has 0 fully saturated rings. The molecular formula is C60H119NO5. The summed E-state index contributed by atoms with van der Waals surface area (Å²) in [5.41, 5.74) is 0. The van der Waals surface area contributed by atoms with Crippen LogP contribution >= 0.6 is 0 Å². The topological polar surface area (TPSA) is 110 Å². The van der Waals surface area contributed by atoms with Gasteiger partial charge in [0.15, 0.2) is 0 Å². The molecule has 6 heteroatoms. The summed E-state index contributed by atoms with van der Waals surface area (Å²) < 4.78 is 0. The van der Waals surface area contributed by atoms with Crippen molar-refractivity contribution < 1.29 is 25.2 Å². The molecule has 4 atom stereocenters. The number of allylic oxidation sites excluding steroid dienone is 2. The number of hydrogen-bond acceptors (Lipinski definition) is 5. The maximum absolute atomic E-state index is 12.6. The molecule has 0 aromatic carbocycles. The van der Waals surface area contributed by atoms with E-state index in [0.717, 1.165) is 38.5 Å². The van der Waals surface area contributed by atoms with Gasteiger partial charge in [-0.15, -0.1) is 0 Å². The molecule has 0 bridgehead atoms. The molecule has 394 valence electrons. The third-order valence-electron chi connectivity index (χ3n) is 14.5. The Hall–Kier alpha value is -0.950. The highest BCUT2D eigenvalue weighted by Gasteiger charge is 2.28. The molecule has 0 saturated carbocycles. The second kappa shape index (κ2) is 55.0. The Morgan fingerprint density at radius 1 is 0.364 bits per heavy atom. The zero-order valence-corrected chi connectivity index (χ0v) is 44.7. The lowest BCUT2D eigenvalue weighted by molar-refractivity contribution is -0.132. The van der Waals surface area contributed by atoms with Crippen molar-refractivity contribution in [1.29, 1.82) is 0 Å². The predicted octanol–water partition coefficient (Wildman–Crippen LogP) is 17.6. The number of hydrogen-bond donors (Lipinski definition) is 5. The molecule has 0 heterocycles. The van der Waals surface area contributed by atoms with Gasteiger partial charge in [-0.1, -0.05) is 309 Å². The lowest BCUT2D eigenvalue weighted by Gasteiger charge is -2.27. The Bertz CT molecular complexity index is 959. The Morgan fingerprint density at radius 3 is 0.879 bits per heavy atom. The van der Waals surface area contributed by atoms with Crippen LogP contribution in [-0.2, 0) is 4.79 Å². The van der Waals surface area contributed by atoms with Gasteiger partial charge < -0.3 is 25.7 Å². The van der Waals surface area contributed by atoms with Gasteiger partial charge in [-0.05, 0) is 38.5 Å². The van der Waals surface area contributed by atoms with Crippen molar-refractivity contribution >= 4 is 5.91 Å². The van der Waals surface area contributed by atoms with E-state index in [-0.39, 0.29) is 0 Å². The molecule has 5 N–H and O–H groups in total. The normalized spacial score (nSPS) is 13.7. The molecule has 0 aliphatic heterocycles. The second-order valence-electron chi connectivity index (χ2n) is 21.1. The fourth-order valence-electron chi connectivity index (χ4n) is 9.76. The molecule has 0 saturated heterocycles. The van der Waals surface area contributed by atoms with Crippen molar-refractivity contribution in [2.45, 2.75) is 359 Å². The van der Waals surface area contributed by atoms with Crippen molar-refractivity contribution in [2.75, 3.05) is 6.61 Å². The SMILES string of the molecule is CCCCCCCCCCCCCC/C=C\CCCCCCCCCCCCCCCC(O)C(=O)NC(CO)C(O)C(O)CCCCCCCCCCCCCCCCCCCCCCC. The molecular weight excluding hydrogens is 815 g/mol. The van der Waals surface area contributed by atoms with Gasteiger partial charge in [0.05, 0.1) is 18.8 Å². The van der Waals surface area contributed by atoms with Gasteiger partial charge in [0, 0.05) is 0 Å². The van der Waals surface area contributed by atoms with Crippen LogP contribution in [0.1, 0.15) is 335 Å². The van der Waals surface area contributed by atoms with Crippen molar-refractivity contribution in [1.82, 2.24) is 5.32 Å². The molecule has 6 nitrogen and oxygen atoms in total. The Kier molecular flexibility index (Phi) is 54.2. The molecule has 0 rings (SSSR count). The minimum Gasteiger partial charge on any atom is -0.394 e. The van der Waals surface area contributed by atoms with Crippen LogP contribution in [0.5, 0.6) is 0 Å². The van der Waals surface area contributed by atoms with Gasteiger partial charge in [0.25, 0.3) is 0 Å². The van der Waals surface area contributed by atoms with Crippen LogP contribution in [0, 0.1) is 0 Å². The van der Waals surface area contributed by atoms with Crippen LogP contribution in [0.25, 0.3) is 0 Å². The number of carbonyl (C=O) groups excluding carboxylic acids is 1. The van der Waals surface area contributed by atoms with E-state index in [1.807, 2.05) is 0 Å². The summed E-state index contributed by atoms with van der Waals surface area (Å²) in [4.78, 5) is 12.6. The average molecular weight is 935 g/mol. The molecule has 0 aromatic rings. The highest BCUT2D eigenvalue weighted by molar-refractivity contribution is 5.80. The average Bonchev–Trinajstić information content (AvgIpc) is 3.32. The smallest absolute Gasteiger partial charge is 0.249 e. The summed E-state index contributed by atoms with van der Waals surface area (Å²) >= 11 is 0. The number of rotatable bonds is 56. The number of aliphatic hydroxyl groups is 4. The van der Waals surface area contributed by atoms with Crippen LogP contribution in [0.3, 0.4) is 0 Å². The first-order valence-corrected chi connectivity index (χ1v) is 30.1. The molecule has 0 spiro atoms. The van der Waals surface area contributed by atoms with Gasteiger partial charge in [-0.3, -0.25) is 4.79 Å². The van der Waals surface area contributed by atoms with Crippen LogP contribution < -0.4 is 5.32 Å².